The van der Waals surface area contributed by atoms with Gasteiger partial charge in [-0.25, -0.2) is 9.97 Å². The molecule has 0 aliphatic heterocycles. The van der Waals surface area contributed by atoms with E-state index in [1.54, 1.807) is 0 Å². The molecule has 0 aliphatic carbocycles. The van der Waals surface area contributed by atoms with Crippen LogP contribution in [0.5, 0.6) is 0 Å². The number of nitrogens with two attached hydrogens (primary N) is 1. The molecule has 1 aromatic carbocycles. The second-order valence-electron chi connectivity index (χ2n) is 4.86. The van der Waals surface area contributed by atoms with E-state index >= 15 is 0 Å². The van der Waals surface area contributed by atoms with Crippen LogP contribution in [0.1, 0.15) is 28.7 Å². The molecule has 1 heterocycles. The molecule has 2 rings (SSSR count). The first-order chi connectivity index (χ1) is 10.6. The number of aryl methyl sites for hydroxylation is 1. The smallest absolute Gasteiger partial charge is 0.255 e. The zero-order valence-electron chi connectivity index (χ0n) is 12.3. The van der Waals surface area contributed by atoms with E-state index in [0.29, 0.717) is 24.2 Å². The SMILES string of the molecule is CCc1ncc(C(=O)N[C@@H](Cc2ccccc2)C(N)=O)cn1. The van der Waals surface area contributed by atoms with Gasteiger partial charge in [-0.3, -0.25) is 9.59 Å². The molecule has 3 N–H and O–H groups in total. The van der Waals surface area contributed by atoms with Crippen molar-refractivity contribution >= 4 is 11.8 Å². The van der Waals surface area contributed by atoms with Crippen molar-refractivity contribution in [3.05, 3.63) is 59.7 Å². The summed E-state index contributed by atoms with van der Waals surface area (Å²) in [5, 5.41) is 2.63. The first-order valence-corrected chi connectivity index (χ1v) is 7.05. The molecule has 2 aromatic rings. The highest BCUT2D eigenvalue weighted by molar-refractivity contribution is 5.96. The van der Waals surface area contributed by atoms with Crippen LogP contribution in [0.15, 0.2) is 42.7 Å². The molecule has 114 valence electrons. The number of amides is 2. The van der Waals surface area contributed by atoms with Crippen molar-refractivity contribution in [1.82, 2.24) is 15.3 Å². The molecule has 0 aliphatic rings. The summed E-state index contributed by atoms with van der Waals surface area (Å²) in [6.45, 7) is 1.93. The van der Waals surface area contributed by atoms with E-state index in [-0.39, 0.29) is 0 Å². The Morgan fingerprint density at radius 3 is 2.36 bits per heavy atom. The minimum absolute atomic E-state index is 0.302. The van der Waals surface area contributed by atoms with Crippen LogP contribution in [0, 0.1) is 0 Å². The molecule has 0 unspecified atom stereocenters. The average Bonchev–Trinajstić information content (AvgIpc) is 2.55. The van der Waals surface area contributed by atoms with Crippen LogP contribution in [0.2, 0.25) is 0 Å². The number of primary amides is 1. The van der Waals surface area contributed by atoms with Gasteiger partial charge in [0.15, 0.2) is 0 Å². The van der Waals surface area contributed by atoms with Gasteiger partial charge in [-0.2, -0.15) is 0 Å². The normalized spacial score (nSPS) is 11.7. The van der Waals surface area contributed by atoms with E-state index in [0.717, 1.165) is 5.56 Å². The fourth-order valence-corrected chi connectivity index (χ4v) is 1.97. The lowest BCUT2D eigenvalue weighted by molar-refractivity contribution is -0.119. The lowest BCUT2D eigenvalue weighted by Crippen LogP contribution is -2.45. The summed E-state index contributed by atoms with van der Waals surface area (Å²) in [7, 11) is 0. The maximum absolute atomic E-state index is 12.2. The highest BCUT2D eigenvalue weighted by Gasteiger charge is 2.19. The minimum atomic E-state index is -0.777. The van der Waals surface area contributed by atoms with Crippen LogP contribution in [0.4, 0.5) is 0 Å². The lowest BCUT2D eigenvalue weighted by atomic mass is 10.1. The van der Waals surface area contributed by atoms with Gasteiger partial charge in [-0.1, -0.05) is 37.3 Å². The van der Waals surface area contributed by atoms with Gasteiger partial charge in [0, 0.05) is 25.2 Å². The Kier molecular flexibility index (Phi) is 5.19. The Hall–Kier alpha value is -2.76. The highest BCUT2D eigenvalue weighted by atomic mass is 16.2. The Morgan fingerprint density at radius 1 is 1.18 bits per heavy atom. The van der Waals surface area contributed by atoms with E-state index < -0.39 is 17.9 Å². The maximum Gasteiger partial charge on any atom is 0.255 e. The third kappa shape index (κ3) is 4.12. The summed E-state index contributed by atoms with van der Waals surface area (Å²) in [5.74, 6) is -0.335. The van der Waals surface area contributed by atoms with E-state index in [2.05, 4.69) is 15.3 Å². The standard InChI is InChI=1S/C16H18N4O2/c1-2-14-18-9-12(10-19-14)16(22)20-13(15(17)21)8-11-6-4-3-5-7-11/h3-7,9-10,13H,2,8H2,1H3,(H2,17,21)(H,20,22)/t13-/m0/s1. The summed E-state index contributed by atoms with van der Waals surface area (Å²) >= 11 is 0. The number of hydrogen-bond donors (Lipinski definition) is 2. The van der Waals surface area contributed by atoms with Crippen molar-refractivity contribution in [3.8, 4) is 0 Å². The zero-order chi connectivity index (χ0) is 15.9. The fraction of sp³-hybridized carbons (Fsp3) is 0.250. The molecule has 6 nitrogen and oxygen atoms in total. The average molecular weight is 298 g/mol. The number of carbonyl (C=O) groups is 2. The van der Waals surface area contributed by atoms with Gasteiger partial charge in [-0.15, -0.1) is 0 Å². The minimum Gasteiger partial charge on any atom is -0.368 e. The van der Waals surface area contributed by atoms with Crippen LogP contribution >= 0.6 is 0 Å². The first kappa shape index (κ1) is 15.6. The number of carbonyl (C=O) groups excluding carboxylic acids is 2. The molecule has 0 bridgehead atoms. The summed E-state index contributed by atoms with van der Waals surface area (Å²) in [6.07, 6.45) is 3.93. The molecule has 0 radical (unpaired) electrons. The largest absolute Gasteiger partial charge is 0.368 e. The molecule has 0 spiro atoms. The number of benzene rings is 1. The van der Waals surface area contributed by atoms with E-state index in [9.17, 15) is 9.59 Å². The molecule has 0 saturated carbocycles. The zero-order valence-corrected chi connectivity index (χ0v) is 12.3. The number of nitrogens with one attached hydrogen (secondary N) is 1. The third-order valence-electron chi connectivity index (χ3n) is 3.22. The molecule has 2 amide bonds. The molecular formula is C16H18N4O2. The van der Waals surface area contributed by atoms with Gasteiger partial charge < -0.3 is 11.1 Å². The number of nitrogens with zero attached hydrogens (tertiary/aromatic N) is 2. The fourth-order valence-electron chi connectivity index (χ4n) is 1.97. The Morgan fingerprint density at radius 2 is 1.82 bits per heavy atom. The summed E-state index contributed by atoms with van der Waals surface area (Å²) < 4.78 is 0. The molecule has 0 fully saturated rings. The molecule has 1 aromatic heterocycles. The van der Waals surface area contributed by atoms with Crippen LogP contribution in [-0.2, 0) is 17.6 Å². The van der Waals surface area contributed by atoms with Crippen molar-refractivity contribution in [2.24, 2.45) is 5.73 Å². The lowest BCUT2D eigenvalue weighted by Gasteiger charge is -2.15. The molecular weight excluding hydrogens is 280 g/mol. The maximum atomic E-state index is 12.2. The van der Waals surface area contributed by atoms with E-state index in [4.69, 9.17) is 5.73 Å². The van der Waals surface area contributed by atoms with Gasteiger partial charge in [0.1, 0.15) is 11.9 Å². The van der Waals surface area contributed by atoms with Crippen molar-refractivity contribution in [1.29, 1.82) is 0 Å². The van der Waals surface area contributed by atoms with Crippen molar-refractivity contribution in [2.45, 2.75) is 25.8 Å². The van der Waals surface area contributed by atoms with Crippen LogP contribution in [0.3, 0.4) is 0 Å². The molecule has 22 heavy (non-hydrogen) atoms. The van der Waals surface area contributed by atoms with Crippen molar-refractivity contribution in [2.75, 3.05) is 0 Å². The predicted molar refractivity (Wildman–Crippen MR) is 82.0 cm³/mol. The van der Waals surface area contributed by atoms with E-state index in [1.807, 2.05) is 37.3 Å². The second-order valence-corrected chi connectivity index (χ2v) is 4.86. The van der Waals surface area contributed by atoms with Gasteiger partial charge >= 0.3 is 0 Å². The van der Waals surface area contributed by atoms with Gasteiger partial charge in [0.05, 0.1) is 5.56 Å². The molecule has 0 saturated heterocycles. The van der Waals surface area contributed by atoms with Crippen LogP contribution in [-0.4, -0.2) is 27.8 Å². The topological polar surface area (TPSA) is 98.0 Å². The van der Waals surface area contributed by atoms with Crippen LogP contribution < -0.4 is 11.1 Å². The number of rotatable bonds is 6. The Bertz CT molecular complexity index is 641. The highest BCUT2D eigenvalue weighted by Crippen LogP contribution is 2.04. The van der Waals surface area contributed by atoms with Crippen molar-refractivity contribution in [3.63, 3.8) is 0 Å². The van der Waals surface area contributed by atoms with Gasteiger partial charge in [0.2, 0.25) is 5.91 Å². The second kappa shape index (κ2) is 7.31. The Balaban J connectivity index is 2.06. The molecule has 6 heteroatoms. The summed E-state index contributed by atoms with van der Waals surface area (Å²) in [6, 6.07) is 8.59. The quantitative estimate of drug-likeness (QED) is 0.826. The van der Waals surface area contributed by atoms with Gasteiger partial charge in [0.25, 0.3) is 5.91 Å². The van der Waals surface area contributed by atoms with Crippen molar-refractivity contribution < 1.29 is 9.59 Å². The Labute approximate surface area is 128 Å². The summed E-state index contributed by atoms with van der Waals surface area (Å²) in [5.41, 5.74) is 6.59. The predicted octanol–water partition coefficient (Wildman–Crippen LogP) is 0.865. The third-order valence-corrected chi connectivity index (χ3v) is 3.22. The van der Waals surface area contributed by atoms with E-state index in [1.165, 1.54) is 12.4 Å². The van der Waals surface area contributed by atoms with Gasteiger partial charge in [-0.05, 0) is 5.56 Å². The van der Waals surface area contributed by atoms with Crippen LogP contribution in [0.25, 0.3) is 0 Å². The summed E-state index contributed by atoms with van der Waals surface area (Å²) in [4.78, 5) is 31.8. The number of hydrogen-bond acceptors (Lipinski definition) is 4. The number of aromatic nitrogens is 2. The monoisotopic (exact) mass is 298 g/mol. The molecule has 1 atom stereocenters. The first-order valence-electron chi connectivity index (χ1n) is 7.05.